The molecule has 2 rings (SSSR count). The topological polar surface area (TPSA) is 4.93 Å². The zero-order chi connectivity index (χ0) is 10.1. The van der Waals surface area contributed by atoms with Crippen molar-refractivity contribution in [1.82, 2.24) is 4.57 Å². The molecule has 14 heavy (non-hydrogen) atoms. The van der Waals surface area contributed by atoms with Crippen molar-refractivity contribution < 1.29 is 4.39 Å². The normalized spacial score (nSPS) is 11.1. The van der Waals surface area contributed by atoms with E-state index in [0.717, 1.165) is 23.7 Å². The summed E-state index contributed by atoms with van der Waals surface area (Å²) in [5.74, 6) is -0.152. The molecule has 2 aromatic rings. The summed E-state index contributed by atoms with van der Waals surface area (Å²) in [6, 6.07) is 4.97. The van der Waals surface area contributed by atoms with Crippen LogP contribution in [0.2, 0.25) is 0 Å². The lowest BCUT2D eigenvalue weighted by Crippen LogP contribution is -1.83. The Morgan fingerprint density at radius 1 is 1.36 bits per heavy atom. The molecule has 0 bridgehead atoms. The van der Waals surface area contributed by atoms with E-state index >= 15 is 0 Å². The van der Waals surface area contributed by atoms with Crippen molar-refractivity contribution in [2.75, 3.05) is 0 Å². The first-order chi connectivity index (χ1) is 6.72. The van der Waals surface area contributed by atoms with Gasteiger partial charge in [0.15, 0.2) is 0 Å². The minimum absolute atomic E-state index is 0.152. The zero-order valence-corrected chi connectivity index (χ0v) is 8.55. The van der Waals surface area contributed by atoms with Crippen LogP contribution in [0, 0.1) is 5.82 Å². The third kappa shape index (κ3) is 1.41. The Kier molecular flexibility index (Phi) is 2.28. The molecule has 1 aromatic carbocycles. The second kappa shape index (κ2) is 3.45. The van der Waals surface area contributed by atoms with Crippen LogP contribution in [0.25, 0.3) is 10.9 Å². The smallest absolute Gasteiger partial charge is 0.123 e. The molecule has 74 valence electrons. The predicted molar refractivity (Wildman–Crippen MR) is 56.9 cm³/mol. The first kappa shape index (κ1) is 9.25. The van der Waals surface area contributed by atoms with E-state index in [1.54, 1.807) is 6.07 Å². The predicted octanol–water partition coefficient (Wildman–Crippen LogP) is 3.27. The SMILES string of the molecule is CCCc1cn(C)c2ccc(F)cc12. The molecule has 1 aromatic heterocycles. The molecule has 0 spiro atoms. The fraction of sp³-hybridized carbons (Fsp3) is 0.333. The molecule has 0 saturated carbocycles. The van der Waals surface area contributed by atoms with E-state index in [0.29, 0.717) is 0 Å². The van der Waals surface area contributed by atoms with Gasteiger partial charge in [0.25, 0.3) is 0 Å². The number of aromatic nitrogens is 1. The van der Waals surface area contributed by atoms with Crippen molar-refractivity contribution in [2.45, 2.75) is 19.8 Å². The number of nitrogens with zero attached hydrogens (tertiary/aromatic N) is 1. The van der Waals surface area contributed by atoms with Gasteiger partial charge in [-0.15, -0.1) is 0 Å². The third-order valence-electron chi connectivity index (χ3n) is 2.55. The average Bonchev–Trinajstić information content (AvgIpc) is 2.44. The third-order valence-corrected chi connectivity index (χ3v) is 2.55. The van der Waals surface area contributed by atoms with Crippen LogP contribution in [-0.4, -0.2) is 4.57 Å². The Bertz CT molecular complexity index is 457. The number of hydrogen-bond donors (Lipinski definition) is 0. The van der Waals surface area contributed by atoms with E-state index in [9.17, 15) is 4.39 Å². The molecule has 0 amide bonds. The van der Waals surface area contributed by atoms with E-state index in [2.05, 4.69) is 17.7 Å². The molecule has 0 radical (unpaired) electrons. The summed E-state index contributed by atoms with van der Waals surface area (Å²) < 4.78 is 15.1. The minimum Gasteiger partial charge on any atom is -0.350 e. The lowest BCUT2D eigenvalue weighted by atomic mass is 10.1. The number of halogens is 1. The van der Waals surface area contributed by atoms with Crippen molar-refractivity contribution in [3.63, 3.8) is 0 Å². The maximum Gasteiger partial charge on any atom is 0.123 e. The van der Waals surface area contributed by atoms with Gasteiger partial charge in [-0.2, -0.15) is 0 Å². The number of fused-ring (bicyclic) bond motifs is 1. The number of benzene rings is 1. The molecule has 0 aliphatic carbocycles. The lowest BCUT2D eigenvalue weighted by molar-refractivity contribution is 0.629. The van der Waals surface area contributed by atoms with Gasteiger partial charge in [-0.05, 0) is 30.2 Å². The number of hydrogen-bond acceptors (Lipinski definition) is 0. The molecule has 0 aliphatic heterocycles. The Hall–Kier alpha value is -1.31. The summed E-state index contributed by atoms with van der Waals surface area (Å²) >= 11 is 0. The molecule has 0 aliphatic rings. The Balaban J connectivity index is 2.66. The Morgan fingerprint density at radius 3 is 2.86 bits per heavy atom. The summed E-state index contributed by atoms with van der Waals surface area (Å²) in [5, 5.41) is 1.05. The van der Waals surface area contributed by atoms with Crippen molar-refractivity contribution in [1.29, 1.82) is 0 Å². The maximum atomic E-state index is 13.1. The molecule has 1 heterocycles. The van der Waals surface area contributed by atoms with Gasteiger partial charge in [0.1, 0.15) is 5.82 Å². The van der Waals surface area contributed by atoms with Crippen LogP contribution in [0.5, 0.6) is 0 Å². The van der Waals surface area contributed by atoms with Crippen LogP contribution in [0.15, 0.2) is 24.4 Å². The van der Waals surface area contributed by atoms with Crippen molar-refractivity contribution in [3.05, 3.63) is 35.8 Å². The van der Waals surface area contributed by atoms with Gasteiger partial charge in [-0.1, -0.05) is 13.3 Å². The molecule has 0 saturated heterocycles. The number of rotatable bonds is 2. The summed E-state index contributed by atoms with van der Waals surface area (Å²) in [6.07, 6.45) is 4.20. The van der Waals surface area contributed by atoms with Gasteiger partial charge >= 0.3 is 0 Å². The molecule has 0 atom stereocenters. The summed E-state index contributed by atoms with van der Waals surface area (Å²) in [4.78, 5) is 0. The van der Waals surface area contributed by atoms with Crippen LogP contribution in [0.1, 0.15) is 18.9 Å². The first-order valence-electron chi connectivity index (χ1n) is 4.96. The second-order valence-electron chi connectivity index (χ2n) is 3.68. The van der Waals surface area contributed by atoms with E-state index < -0.39 is 0 Å². The van der Waals surface area contributed by atoms with Gasteiger partial charge in [0.05, 0.1) is 0 Å². The maximum absolute atomic E-state index is 13.1. The summed E-state index contributed by atoms with van der Waals surface area (Å²) in [5.41, 5.74) is 2.35. The summed E-state index contributed by atoms with van der Waals surface area (Å²) in [6.45, 7) is 2.14. The standard InChI is InChI=1S/C12H14FN/c1-3-4-9-8-14(2)12-6-5-10(13)7-11(9)12/h5-8H,3-4H2,1-2H3. The lowest BCUT2D eigenvalue weighted by Gasteiger charge is -1.96. The van der Waals surface area contributed by atoms with Gasteiger partial charge in [-0.3, -0.25) is 0 Å². The van der Waals surface area contributed by atoms with Crippen molar-refractivity contribution in [3.8, 4) is 0 Å². The van der Waals surface area contributed by atoms with E-state index in [4.69, 9.17) is 0 Å². The van der Waals surface area contributed by atoms with Gasteiger partial charge in [0, 0.05) is 24.1 Å². The molecule has 0 unspecified atom stereocenters. The highest BCUT2D eigenvalue weighted by atomic mass is 19.1. The minimum atomic E-state index is -0.152. The average molecular weight is 191 g/mol. The monoisotopic (exact) mass is 191 g/mol. The van der Waals surface area contributed by atoms with E-state index in [1.165, 1.54) is 11.6 Å². The van der Waals surface area contributed by atoms with Crippen LogP contribution in [0.3, 0.4) is 0 Å². The van der Waals surface area contributed by atoms with Gasteiger partial charge in [0.2, 0.25) is 0 Å². The first-order valence-corrected chi connectivity index (χ1v) is 4.96. The molecule has 1 nitrogen and oxygen atoms in total. The fourth-order valence-corrected chi connectivity index (χ4v) is 1.91. The van der Waals surface area contributed by atoms with Crippen LogP contribution in [-0.2, 0) is 13.5 Å². The van der Waals surface area contributed by atoms with E-state index in [-0.39, 0.29) is 5.82 Å². The second-order valence-corrected chi connectivity index (χ2v) is 3.68. The molecular weight excluding hydrogens is 177 g/mol. The van der Waals surface area contributed by atoms with Crippen LogP contribution >= 0.6 is 0 Å². The molecule has 0 N–H and O–H groups in total. The van der Waals surface area contributed by atoms with Gasteiger partial charge < -0.3 is 4.57 Å². The molecular formula is C12H14FN. The highest BCUT2D eigenvalue weighted by Gasteiger charge is 2.06. The fourth-order valence-electron chi connectivity index (χ4n) is 1.91. The number of aryl methyl sites for hydroxylation is 2. The van der Waals surface area contributed by atoms with Crippen molar-refractivity contribution >= 4 is 10.9 Å². The van der Waals surface area contributed by atoms with Crippen LogP contribution < -0.4 is 0 Å². The van der Waals surface area contributed by atoms with Crippen LogP contribution in [0.4, 0.5) is 4.39 Å². The van der Waals surface area contributed by atoms with Crippen molar-refractivity contribution in [2.24, 2.45) is 7.05 Å². The van der Waals surface area contributed by atoms with E-state index in [1.807, 2.05) is 13.1 Å². The molecule has 2 heteroatoms. The van der Waals surface area contributed by atoms with Gasteiger partial charge in [-0.25, -0.2) is 4.39 Å². The highest BCUT2D eigenvalue weighted by Crippen LogP contribution is 2.22. The Morgan fingerprint density at radius 2 is 2.14 bits per heavy atom. The molecule has 0 fully saturated rings. The summed E-state index contributed by atoms with van der Waals surface area (Å²) in [7, 11) is 2.00. The zero-order valence-electron chi connectivity index (χ0n) is 8.55. The Labute approximate surface area is 83.2 Å². The quantitative estimate of drug-likeness (QED) is 0.686. The largest absolute Gasteiger partial charge is 0.350 e. The highest BCUT2D eigenvalue weighted by molar-refractivity contribution is 5.84.